The van der Waals surface area contributed by atoms with E-state index < -0.39 is 0 Å². The molecule has 0 amide bonds. The van der Waals surface area contributed by atoms with E-state index in [0.717, 1.165) is 12.5 Å². The van der Waals surface area contributed by atoms with Crippen molar-refractivity contribution in [3.63, 3.8) is 0 Å². The van der Waals surface area contributed by atoms with Gasteiger partial charge in [0.25, 0.3) is 0 Å². The molecule has 0 unspecified atom stereocenters. The van der Waals surface area contributed by atoms with Crippen LogP contribution in [0.25, 0.3) is 0 Å². The molecule has 0 bridgehead atoms. The molecule has 0 N–H and O–H groups in total. The third kappa shape index (κ3) is 3.54. The van der Waals surface area contributed by atoms with E-state index in [0.29, 0.717) is 0 Å². The fourth-order valence-electron chi connectivity index (χ4n) is 3.46. The van der Waals surface area contributed by atoms with E-state index in [1.807, 2.05) is 12.4 Å². The Bertz CT molecular complexity index is 365. The molecule has 1 aromatic heterocycles. The summed E-state index contributed by atoms with van der Waals surface area (Å²) in [5.41, 5.74) is 1.41. The number of piperazine rings is 1. The van der Waals surface area contributed by atoms with E-state index >= 15 is 0 Å². The Hall–Kier alpha value is -0.930. The summed E-state index contributed by atoms with van der Waals surface area (Å²) in [5.74, 6) is 0. The first-order valence-electron chi connectivity index (χ1n) is 7.77. The van der Waals surface area contributed by atoms with Crippen LogP contribution in [-0.2, 0) is 6.42 Å². The van der Waals surface area contributed by atoms with Gasteiger partial charge in [-0.25, -0.2) is 0 Å². The second-order valence-electron chi connectivity index (χ2n) is 5.92. The van der Waals surface area contributed by atoms with Crippen LogP contribution >= 0.6 is 0 Å². The zero-order valence-corrected chi connectivity index (χ0v) is 11.8. The lowest BCUT2D eigenvalue weighted by Crippen LogP contribution is -2.50. The molecule has 1 saturated heterocycles. The first-order chi connectivity index (χ1) is 9.42. The van der Waals surface area contributed by atoms with Crippen molar-refractivity contribution in [1.29, 1.82) is 0 Å². The predicted molar refractivity (Wildman–Crippen MR) is 78.2 cm³/mol. The SMILES string of the molecule is c1cc(CCN2CCN(C3CCCC3)CC2)ccn1. The quantitative estimate of drug-likeness (QED) is 0.826. The Balaban J connectivity index is 1.40. The molecule has 3 heteroatoms. The van der Waals surface area contributed by atoms with Gasteiger partial charge in [-0.05, 0) is 37.0 Å². The van der Waals surface area contributed by atoms with Crippen molar-refractivity contribution >= 4 is 0 Å². The molecule has 2 aliphatic rings. The van der Waals surface area contributed by atoms with Gasteiger partial charge in [0.15, 0.2) is 0 Å². The van der Waals surface area contributed by atoms with Crippen molar-refractivity contribution in [1.82, 2.24) is 14.8 Å². The normalized spacial score (nSPS) is 22.9. The smallest absolute Gasteiger partial charge is 0.0270 e. The van der Waals surface area contributed by atoms with Crippen LogP contribution in [0.5, 0.6) is 0 Å². The van der Waals surface area contributed by atoms with Gasteiger partial charge in [-0.15, -0.1) is 0 Å². The molecule has 1 aliphatic carbocycles. The fourth-order valence-corrected chi connectivity index (χ4v) is 3.46. The lowest BCUT2D eigenvalue weighted by Gasteiger charge is -2.38. The van der Waals surface area contributed by atoms with Crippen LogP contribution in [0, 0.1) is 0 Å². The van der Waals surface area contributed by atoms with Crippen molar-refractivity contribution in [2.24, 2.45) is 0 Å². The van der Waals surface area contributed by atoms with Gasteiger partial charge >= 0.3 is 0 Å². The van der Waals surface area contributed by atoms with E-state index in [1.54, 1.807) is 0 Å². The van der Waals surface area contributed by atoms with Gasteiger partial charge in [0, 0.05) is 51.2 Å². The second-order valence-corrected chi connectivity index (χ2v) is 5.92. The molecule has 19 heavy (non-hydrogen) atoms. The molecule has 2 fully saturated rings. The maximum Gasteiger partial charge on any atom is 0.0270 e. The average Bonchev–Trinajstić information content (AvgIpc) is 3.01. The molecule has 1 saturated carbocycles. The molecule has 0 atom stereocenters. The first kappa shape index (κ1) is 13.1. The van der Waals surface area contributed by atoms with Crippen LogP contribution in [0.3, 0.4) is 0 Å². The van der Waals surface area contributed by atoms with E-state index in [1.165, 1.54) is 64.0 Å². The number of nitrogens with zero attached hydrogens (tertiary/aromatic N) is 3. The summed E-state index contributed by atoms with van der Waals surface area (Å²) >= 11 is 0. The molecule has 2 heterocycles. The third-order valence-corrected chi connectivity index (χ3v) is 4.71. The van der Waals surface area contributed by atoms with Gasteiger partial charge < -0.3 is 4.90 Å². The minimum absolute atomic E-state index is 0.905. The molecule has 1 aromatic rings. The lowest BCUT2D eigenvalue weighted by atomic mass is 10.1. The Morgan fingerprint density at radius 2 is 1.68 bits per heavy atom. The zero-order chi connectivity index (χ0) is 12.9. The van der Waals surface area contributed by atoms with Gasteiger partial charge in [-0.2, -0.15) is 0 Å². The zero-order valence-electron chi connectivity index (χ0n) is 11.8. The maximum absolute atomic E-state index is 4.07. The van der Waals surface area contributed by atoms with Crippen LogP contribution in [0.1, 0.15) is 31.2 Å². The van der Waals surface area contributed by atoms with Gasteiger partial charge in [-0.3, -0.25) is 9.88 Å². The Morgan fingerprint density at radius 3 is 2.37 bits per heavy atom. The number of hydrogen-bond donors (Lipinski definition) is 0. The highest BCUT2D eigenvalue weighted by atomic mass is 15.3. The Labute approximate surface area is 116 Å². The van der Waals surface area contributed by atoms with Crippen molar-refractivity contribution in [2.75, 3.05) is 32.7 Å². The third-order valence-electron chi connectivity index (χ3n) is 4.71. The van der Waals surface area contributed by atoms with Gasteiger partial charge in [0.1, 0.15) is 0 Å². The van der Waals surface area contributed by atoms with Gasteiger partial charge in [-0.1, -0.05) is 12.8 Å². The van der Waals surface area contributed by atoms with Crippen LogP contribution in [0.15, 0.2) is 24.5 Å². The van der Waals surface area contributed by atoms with Gasteiger partial charge in [0.05, 0.1) is 0 Å². The summed E-state index contributed by atoms with van der Waals surface area (Å²) in [6, 6.07) is 5.17. The van der Waals surface area contributed by atoms with Crippen LogP contribution in [-0.4, -0.2) is 53.5 Å². The summed E-state index contributed by atoms with van der Waals surface area (Å²) in [6.45, 7) is 6.26. The van der Waals surface area contributed by atoms with E-state index in [-0.39, 0.29) is 0 Å². The minimum Gasteiger partial charge on any atom is -0.300 e. The van der Waals surface area contributed by atoms with E-state index in [9.17, 15) is 0 Å². The van der Waals surface area contributed by atoms with E-state index in [2.05, 4.69) is 26.9 Å². The number of rotatable bonds is 4. The maximum atomic E-state index is 4.07. The summed E-state index contributed by atoms with van der Waals surface area (Å²) in [6.07, 6.45) is 10.7. The fraction of sp³-hybridized carbons (Fsp3) is 0.688. The standard InChI is InChI=1S/C16H25N3/c1-2-4-16(3-1)19-13-11-18(12-14-19)10-7-15-5-8-17-9-6-15/h5-6,8-9,16H,1-4,7,10-14H2. The highest BCUT2D eigenvalue weighted by Crippen LogP contribution is 2.24. The van der Waals surface area contributed by atoms with Crippen LogP contribution in [0.2, 0.25) is 0 Å². The average molecular weight is 259 g/mol. The van der Waals surface area contributed by atoms with E-state index in [4.69, 9.17) is 0 Å². The number of pyridine rings is 1. The lowest BCUT2D eigenvalue weighted by molar-refractivity contribution is 0.0986. The summed E-state index contributed by atoms with van der Waals surface area (Å²) in [7, 11) is 0. The van der Waals surface area contributed by atoms with Crippen molar-refractivity contribution < 1.29 is 0 Å². The Kier molecular flexibility index (Phi) is 4.46. The Morgan fingerprint density at radius 1 is 1.00 bits per heavy atom. The second kappa shape index (κ2) is 6.49. The minimum atomic E-state index is 0.905. The molecular formula is C16H25N3. The van der Waals surface area contributed by atoms with Crippen molar-refractivity contribution in [3.05, 3.63) is 30.1 Å². The molecule has 3 nitrogen and oxygen atoms in total. The highest BCUT2D eigenvalue weighted by Gasteiger charge is 2.25. The van der Waals surface area contributed by atoms with Crippen molar-refractivity contribution in [2.45, 2.75) is 38.1 Å². The summed E-state index contributed by atoms with van der Waals surface area (Å²) in [4.78, 5) is 9.42. The number of aromatic nitrogens is 1. The van der Waals surface area contributed by atoms with Crippen LogP contribution < -0.4 is 0 Å². The summed E-state index contributed by atoms with van der Waals surface area (Å²) < 4.78 is 0. The molecule has 0 aromatic carbocycles. The topological polar surface area (TPSA) is 19.4 Å². The molecular weight excluding hydrogens is 234 g/mol. The number of hydrogen-bond acceptors (Lipinski definition) is 3. The van der Waals surface area contributed by atoms with Crippen molar-refractivity contribution in [3.8, 4) is 0 Å². The summed E-state index contributed by atoms with van der Waals surface area (Å²) in [5, 5.41) is 0. The monoisotopic (exact) mass is 259 g/mol. The van der Waals surface area contributed by atoms with Crippen LogP contribution in [0.4, 0.5) is 0 Å². The molecule has 3 rings (SSSR count). The molecule has 1 aliphatic heterocycles. The molecule has 0 radical (unpaired) electrons. The largest absolute Gasteiger partial charge is 0.300 e. The molecule has 0 spiro atoms. The highest BCUT2D eigenvalue weighted by molar-refractivity contribution is 5.09. The molecule has 104 valence electrons. The first-order valence-corrected chi connectivity index (χ1v) is 7.77. The predicted octanol–water partition coefficient (Wildman–Crippen LogP) is 2.18. The van der Waals surface area contributed by atoms with Gasteiger partial charge in [0.2, 0.25) is 0 Å².